The van der Waals surface area contributed by atoms with Gasteiger partial charge in [-0.05, 0) is 39.3 Å². The molecule has 3 aromatic rings. The zero-order chi connectivity index (χ0) is 19.4. The Morgan fingerprint density at radius 2 is 1.78 bits per heavy atom. The highest BCUT2D eigenvalue weighted by Crippen LogP contribution is 2.22. The summed E-state index contributed by atoms with van der Waals surface area (Å²) in [6.07, 6.45) is 0. The van der Waals surface area contributed by atoms with Gasteiger partial charge >= 0.3 is 0 Å². The predicted molar refractivity (Wildman–Crippen MR) is 107 cm³/mol. The van der Waals surface area contributed by atoms with Gasteiger partial charge in [0.2, 0.25) is 0 Å². The molecule has 0 fully saturated rings. The van der Waals surface area contributed by atoms with Gasteiger partial charge in [-0.25, -0.2) is 0 Å². The molecule has 0 aliphatic carbocycles. The molecular weight excluding hydrogens is 338 g/mol. The number of hydrogen-bond acceptors (Lipinski definition) is 3. The number of nitrogens with one attached hydrogen (secondary N) is 1. The molecule has 0 bridgehead atoms. The number of ether oxygens (including phenoxy) is 1. The molecule has 0 saturated carbocycles. The fraction of sp³-hybridized carbons (Fsp3) is 0.364. The number of rotatable bonds is 7. The average molecular weight is 365 g/mol. The van der Waals surface area contributed by atoms with Crippen LogP contribution < -0.4 is 5.32 Å². The van der Waals surface area contributed by atoms with E-state index in [-0.39, 0.29) is 18.6 Å². The van der Waals surface area contributed by atoms with Crippen LogP contribution in [0.15, 0.2) is 54.6 Å². The fourth-order valence-corrected chi connectivity index (χ4v) is 2.93. The van der Waals surface area contributed by atoms with Crippen LogP contribution in [-0.2, 0) is 22.7 Å². The lowest BCUT2D eigenvalue weighted by atomic mass is 10.1. The van der Waals surface area contributed by atoms with Crippen molar-refractivity contribution >= 4 is 16.8 Å². The zero-order valence-electron chi connectivity index (χ0n) is 16.4. The molecule has 0 radical (unpaired) electrons. The van der Waals surface area contributed by atoms with Gasteiger partial charge in [-0.15, -0.1) is 0 Å². The third kappa shape index (κ3) is 4.55. The number of aromatic nitrogens is 2. The van der Waals surface area contributed by atoms with Crippen LogP contribution in [0.5, 0.6) is 0 Å². The third-order valence-electron chi connectivity index (χ3n) is 4.45. The first-order valence-corrected chi connectivity index (χ1v) is 9.30. The predicted octanol–water partition coefficient (Wildman–Crippen LogP) is 3.90. The molecule has 0 aliphatic rings. The van der Waals surface area contributed by atoms with E-state index in [0.29, 0.717) is 6.54 Å². The summed E-state index contributed by atoms with van der Waals surface area (Å²) in [6.45, 7) is 8.42. The summed E-state index contributed by atoms with van der Waals surface area (Å²) in [5.41, 5.74) is 2.17. The Labute approximate surface area is 160 Å². The minimum atomic E-state index is -0.922. The summed E-state index contributed by atoms with van der Waals surface area (Å²) >= 11 is 0. The van der Waals surface area contributed by atoms with Crippen LogP contribution in [0.25, 0.3) is 10.9 Å². The van der Waals surface area contributed by atoms with E-state index in [1.165, 1.54) is 5.56 Å². The van der Waals surface area contributed by atoms with Gasteiger partial charge < -0.3 is 10.1 Å². The minimum absolute atomic E-state index is 0.0753. The van der Waals surface area contributed by atoms with Crippen molar-refractivity contribution in [1.82, 2.24) is 15.1 Å². The van der Waals surface area contributed by atoms with Crippen LogP contribution in [0.4, 0.5) is 0 Å². The molecule has 0 unspecified atom stereocenters. The van der Waals surface area contributed by atoms with E-state index >= 15 is 0 Å². The van der Waals surface area contributed by atoms with Gasteiger partial charge in [-0.2, -0.15) is 5.10 Å². The van der Waals surface area contributed by atoms with Crippen molar-refractivity contribution in [2.45, 2.75) is 52.5 Å². The van der Waals surface area contributed by atoms with E-state index in [9.17, 15) is 4.79 Å². The van der Waals surface area contributed by atoms with Gasteiger partial charge in [0.05, 0.1) is 24.4 Å². The Kier molecular flexibility index (Phi) is 5.61. The standard InChI is InChI=1S/C22H27N3O2/c1-16(2)23-21(26)22(3,4)27-15-19-18-12-8-9-13-20(18)25(24-19)14-17-10-6-5-7-11-17/h5-13,16H,14-15H2,1-4H3,(H,23,26). The highest BCUT2D eigenvalue weighted by molar-refractivity contribution is 5.85. The Hall–Kier alpha value is -2.66. The SMILES string of the molecule is CC(C)NC(=O)C(C)(C)OCc1nn(Cc2ccccc2)c2ccccc12. The number of carbonyl (C=O) groups excluding carboxylic acids is 1. The lowest BCUT2D eigenvalue weighted by molar-refractivity contribution is -0.144. The van der Waals surface area contributed by atoms with E-state index in [1.54, 1.807) is 13.8 Å². The van der Waals surface area contributed by atoms with Gasteiger partial charge in [0, 0.05) is 11.4 Å². The summed E-state index contributed by atoms with van der Waals surface area (Å²) in [6, 6.07) is 18.4. The van der Waals surface area contributed by atoms with Gasteiger partial charge in [-0.1, -0.05) is 48.5 Å². The highest BCUT2D eigenvalue weighted by atomic mass is 16.5. The quantitative estimate of drug-likeness (QED) is 0.691. The number of carbonyl (C=O) groups is 1. The molecule has 2 aromatic carbocycles. The summed E-state index contributed by atoms with van der Waals surface area (Å²) in [5, 5.41) is 8.72. The number of nitrogens with zero attached hydrogens (tertiary/aromatic N) is 2. The molecule has 0 spiro atoms. The Balaban J connectivity index is 1.82. The molecule has 1 aromatic heterocycles. The molecule has 27 heavy (non-hydrogen) atoms. The molecule has 142 valence electrons. The first-order valence-electron chi connectivity index (χ1n) is 9.30. The minimum Gasteiger partial charge on any atom is -0.359 e. The summed E-state index contributed by atoms with van der Waals surface area (Å²) in [4.78, 5) is 12.3. The second kappa shape index (κ2) is 7.92. The highest BCUT2D eigenvalue weighted by Gasteiger charge is 2.29. The fourth-order valence-electron chi connectivity index (χ4n) is 2.93. The number of fused-ring (bicyclic) bond motifs is 1. The van der Waals surface area contributed by atoms with E-state index in [1.807, 2.05) is 54.9 Å². The van der Waals surface area contributed by atoms with Gasteiger partial charge in [0.1, 0.15) is 5.60 Å². The normalized spacial score (nSPS) is 11.9. The van der Waals surface area contributed by atoms with E-state index in [4.69, 9.17) is 9.84 Å². The number of amides is 1. The van der Waals surface area contributed by atoms with E-state index in [0.717, 1.165) is 16.6 Å². The van der Waals surface area contributed by atoms with Crippen LogP contribution in [0.3, 0.4) is 0 Å². The largest absolute Gasteiger partial charge is 0.359 e. The summed E-state index contributed by atoms with van der Waals surface area (Å²) < 4.78 is 7.95. The van der Waals surface area contributed by atoms with Crippen molar-refractivity contribution in [2.75, 3.05) is 0 Å². The Morgan fingerprint density at radius 3 is 2.48 bits per heavy atom. The summed E-state index contributed by atoms with van der Waals surface area (Å²) in [7, 11) is 0. The molecule has 0 aliphatic heterocycles. The number of para-hydroxylation sites is 1. The topological polar surface area (TPSA) is 56.1 Å². The Bertz CT molecular complexity index is 914. The van der Waals surface area contributed by atoms with Crippen molar-refractivity contribution in [1.29, 1.82) is 0 Å². The molecule has 1 heterocycles. The van der Waals surface area contributed by atoms with Gasteiger partial charge in [0.15, 0.2) is 0 Å². The van der Waals surface area contributed by atoms with Crippen LogP contribution in [0, 0.1) is 0 Å². The lowest BCUT2D eigenvalue weighted by Crippen LogP contribution is -2.46. The van der Waals surface area contributed by atoms with Crippen LogP contribution >= 0.6 is 0 Å². The van der Waals surface area contributed by atoms with Crippen molar-refractivity contribution in [3.8, 4) is 0 Å². The van der Waals surface area contributed by atoms with Gasteiger partial charge in [-0.3, -0.25) is 9.48 Å². The third-order valence-corrected chi connectivity index (χ3v) is 4.45. The number of hydrogen-bond donors (Lipinski definition) is 1. The second-order valence-electron chi connectivity index (χ2n) is 7.53. The maximum atomic E-state index is 12.3. The molecular formula is C22H27N3O2. The first-order chi connectivity index (χ1) is 12.9. The van der Waals surface area contributed by atoms with Crippen molar-refractivity contribution in [2.24, 2.45) is 0 Å². The van der Waals surface area contributed by atoms with Crippen LogP contribution in [0.2, 0.25) is 0 Å². The zero-order valence-corrected chi connectivity index (χ0v) is 16.4. The molecule has 0 atom stereocenters. The molecule has 1 N–H and O–H groups in total. The number of benzene rings is 2. The van der Waals surface area contributed by atoms with Gasteiger partial charge in [0.25, 0.3) is 5.91 Å². The second-order valence-corrected chi connectivity index (χ2v) is 7.53. The molecule has 3 rings (SSSR count). The monoisotopic (exact) mass is 365 g/mol. The molecule has 0 saturated heterocycles. The van der Waals surface area contributed by atoms with Crippen molar-refractivity contribution < 1.29 is 9.53 Å². The first kappa shape index (κ1) is 19.1. The van der Waals surface area contributed by atoms with Crippen LogP contribution in [0.1, 0.15) is 39.0 Å². The maximum absolute atomic E-state index is 12.3. The summed E-state index contributed by atoms with van der Waals surface area (Å²) in [5.74, 6) is -0.120. The molecule has 1 amide bonds. The van der Waals surface area contributed by atoms with E-state index < -0.39 is 5.60 Å². The van der Waals surface area contributed by atoms with Crippen LogP contribution in [-0.4, -0.2) is 27.3 Å². The smallest absolute Gasteiger partial charge is 0.251 e. The van der Waals surface area contributed by atoms with Crippen molar-refractivity contribution in [3.63, 3.8) is 0 Å². The van der Waals surface area contributed by atoms with E-state index in [2.05, 4.69) is 23.5 Å². The Morgan fingerprint density at radius 1 is 1.11 bits per heavy atom. The molecule has 5 heteroatoms. The molecule has 5 nitrogen and oxygen atoms in total. The lowest BCUT2D eigenvalue weighted by Gasteiger charge is -2.25. The van der Waals surface area contributed by atoms with Crippen molar-refractivity contribution in [3.05, 3.63) is 65.9 Å². The average Bonchev–Trinajstić information content (AvgIpc) is 2.98. The maximum Gasteiger partial charge on any atom is 0.251 e.